The summed E-state index contributed by atoms with van der Waals surface area (Å²) in [5, 5.41) is 0. The molecule has 1 aromatic rings. The zero-order valence-electron chi connectivity index (χ0n) is 14.1. The molecule has 1 aliphatic rings. The molecule has 0 saturated carbocycles. The molecule has 1 saturated heterocycles. The highest BCUT2D eigenvalue weighted by molar-refractivity contribution is 7.91. The molecule has 0 N–H and O–H groups in total. The van der Waals surface area contributed by atoms with Crippen molar-refractivity contribution in [2.45, 2.75) is 12.5 Å². The van der Waals surface area contributed by atoms with E-state index in [-0.39, 0.29) is 24.2 Å². The fourth-order valence-electron chi connectivity index (χ4n) is 2.38. The molecule has 0 aliphatic carbocycles. The molecule has 9 heteroatoms. The van der Waals surface area contributed by atoms with E-state index in [0.29, 0.717) is 17.9 Å². The van der Waals surface area contributed by atoms with E-state index in [1.807, 2.05) is 0 Å². The highest BCUT2D eigenvalue weighted by Crippen LogP contribution is 2.17. The van der Waals surface area contributed by atoms with Gasteiger partial charge in [0, 0.05) is 13.1 Å². The quantitative estimate of drug-likeness (QED) is 0.634. The Bertz CT molecular complexity index is 715. The van der Waals surface area contributed by atoms with Crippen molar-refractivity contribution in [2.75, 3.05) is 38.9 Å². The SMILES string of the molecule is COc1ccc(OCC(=O)OCC(=O)N(C)[C@H]2CCS(=O)(=O)C2)cc1. The molecule has 2 rings (SSSR count). The molecule has 25 heavy (non-hydrogen) atoms. The normalized spacial score (nSPS) is 18.4. The zero-order valence-corrected chi connectivity index (χ0v) is 15.0. The lowest BCUT2D eigenvalue weighted by atomic mass is 10.2. The lowest BCUT2D eigenvalue weighted by Crippen LogP contribution is -2.40. The Balaban J connectivity index is 1.72. The van der Waals surface area contributed by atoms with Gasteiger partial charge in [-0.3, -0.25) is 4.79 Å². The highest BCUT2D eigenvalue weighted by Gasteiger charge is 2.32. The number of methoxy groups -OCH3 is 1. The van der Waals surface area contributed by atoms with Crippen molar-refractivity contribution in [2.24, 2.45) is 0 Å². The van der Waals surface area contributed by atoms with Crippen LogP contribution < -0.4 is 9.47 Å². The van der Waals surface area contributed by atoms with Crippen LogP contribution in [0.4, 0.5) is 0 Å². The number of hydrogen-bond donors (Lipinski definition) is 0. The van der Waals surface area contributed by atoms with Crippen LogP contribution in [-0.2, 0) is 24.2 Å². The van der Waals surface area contributed by atoms with Gasteiger partial charge in [-0.15, -0.1) is 0 Å². The van der Waals surface area contributed by atoms with Crippen molar-refractivity contribution in [3.05, 3.63) is 24.3 Å². The van der Waals surface area contributed by atoms with E-state index in [1.54, 1.807) is 31.4 Å². The second kappa shape index (κ2) is 8.19. The largest absolute Gasteiger partial charge is 0.497 e. The minimum absolute atomic E-state index is 0.0518. The standard InChI is InChI=1S/C16H21NO7S/c1-17(12-7-8-25(20,21)11-12)15(18)9-24-16(19)10-23-14-5-3-13(22-2)4-6-14/h3-6,12H,7-11H2,1-2H3/t12-/m0/s1. The zero-order chi connectivity index (χ0) is 18.4. The van der Waals surface area contributed by atoms with Crippen LogP contribution in [0.25, 0.3) is 0 Å². The van der Waals surface area contributed by atoms with Crippen LogP contribution in [-0.4, -0.2) is 70.1 Å². The van der Waals surface area contributed by atoms with Gasteiger partial charge in [-0.2, -0.15) is 0 Å². The van der Waals surface area contributed by atoms with Crippen LogP contribution in [0.5, 0.6) is 11.5 Å². The van der Waals surface area contributed by atoms with E-state index in [2.05, 4.69) is 0 Å². The molecular formula is C16H21NO7S. The summed E-state index contributed by atoms with van der Waals surface area (Å²) >= 11 is 0. The fraction of sp³-hybridized carbons (Fsp3) is 0.500. The van der Waals surface area contributed by atoms with Crippen LogP contribution in [0.15, 0.2) is 24.3 Å². The monoisotopic (exact) mass is 371 g/mol. The van der Waals surface area contributed by atoms with Crippen LogP contribution in [0.3, 0.4) is 0 Å². The minimum Gasteiger partial charge on any atom is -0.497 e. The number of carbonyl (C=O) groups excluding carboxylic acids is 2. The van der Waals surface area contributed by atoms with Crippen molar-refractivity contribution in [3.8, 4) is 11.5 Å². The van der Waals surface area contributed by atoms with Crippen LogP contribution in [0.2, 0.25) is 0 Å². The summed E-state index contributed by atoms with van der Waals surface area (Å²) < 4.78 is 38.0. The van der Waals surface area contributed by atoms with Crippen molar-refractivity contribution in [1.82, 2.24) is 4.90 Å². The average molecular weight is 371 g/mol. The Morgan fingerprint density at radius 2 is 1.80 bits per heavy atom. The molecule has 1 atom stereocenters. The van der Waals surface area contributed by atoms with Gasteiger partial charge in [0.25, 0.3) is 5.91 Å². The fourth-order valence-corrected chi connectivity index (χ4v) is 4.16. The summed E-state index contributed by atoms with van der Waals surface area (Å²) in [4.78, 5) is 25.0. The van der Waals surface area contributed by atoms with E-state index in [9.17, 15) is 18.0 Å². The molecular weight excluding hydrogens is 350 g/mol. The van der Waals surface area contributed by atoms with E-state index >= 15 is 0 Å². The van der Waals surface area contributed by atoms with Crippen molar-refractivity contribution >= 4 is 21.7 Å². The Kier molecular flexibility index (Phi) is 6.24. The lowest BCUT2D eigenvalue weighted by molar-refractivity contribution is -0.153. The summed E-state index contributed by atoms with van der Waals surface area (Å²) in [6, 6.07) is 6.30. The summed E-state index contributed by atoms with van der Waals surface area (Å²) in [6.45, 7) is -0.779. The topological polar surface area (TPSA) is 99.2 Å². The van der Waals surface area contributed by atoms with E-state index < -0.39 is 28.3 Å². The number of carbonyl (C=O) groups is 2. The first-order valence-corrected chi connectivity index (χ1v) is 9.51. The predicted octanol–water partition coefficient (Wildman–Crippen LogP) is 0.263. The summed E-state index contributed by atoms with van der Waals surface area (Å²) in [6.07, 6.45) is 0.402. The highest BCUT2D eigenvalue weighted by atomic mass is 32.2. The number of hydrogen-bond acceptors (Lipinski definition) is 7. The van der Waals surface area contributed by atoms with Crippen LogP contribution in [0, 0.1) is 0 Å². The second-order valence-electron chi connectivity index (χ2n) is 5.69. The lowest BCUT2D eigenvalue weighted by Gasteiger charge is -2.23. The number of likely N-dealkylation sites (N-methyl/N-ethyl adjacent to an activating group) is 1. The number of nitrogens with zero attached hydrogens (tertiary/aromatic N) is 1. The van der Waals surface area contributed by atoms with Crippen molar-refractivity contribution < 1.29 is 32.2 Å². The first kappa shape index (κ1) is 19.0. The third kappa shape index (κ3) is 5.63. The van der Waals surface area contributed by atoms with Crippen molar-refractivity contribution in [1.29, 1.82) is 0 Å². The number of rotatable bonds is 7. The molecule has 0 radical (unpaired) electrons. The van der Waals surface area contributed by atoms with Gasteiger partial charge in [0.2, 0.25) is 0 Å². The maximum atomic E-state index is 12.0. The van der Waals surface area contributed by atoms with Gasteiger partial charge in [0.15, 0.2) is 23.1 Å². The number of ether oxygens (including phenoxy) is 3. The van der Waals surface area contributed by atoms with Gasteiger partial charge in [0.05, 0.1) is 18.6 Å². The van der Waals surface area contributed by atoms with Gasteiger partial charge in [-0.1, -0.05) is 0 Å². The van der Waals surface area contributed by atoms with Gasteiger partial charge in [-0.05, 0) is 30.7 Å². The average Bonchev–Trinajstić information content (AvgIpc) is 2.97. The summed E-state index contributed by atoms with van der Waals surface area (Å²) in [7, 11) is -0.0268. The molecule has 0 bridgehead atoms. The molecule has 1 fully saturated rings. The molecule has 1 aromatic carbocycles. The third-order valence-corrected chi connectivity index (χ3v) is 5.67. The molecule has 1 amide bonds. The number of esters is 1. The minimum atomic E-state index is -3.08. The molecule has 1 heterocycles. The molecule has 1 aliphatic heterocycles. The van der Waals surface area contributed by atoms with Gasteiger partial charge < -0.3 is 19.1 Å². The molecule has 0 aromatic heterocycles. The van der Waals surface area contributed by atoms with Gasteiger partial charge >= 0.3 is 5.97 Å². The maximum Gasteiger partial charge on any atom is 0.344 e. The van der Waals surface area contributed by atoms with E-state index in [1.165, 1.54) is 11.9 Å². The Morgan fingerprint density at radius 1 is 1.16 bits per heavy atom. The number of sulfone groups is 1. The van der Waals surface area contributed by atoms with Crippen molar-refractivity contribution in [3.63, 3.8) is 0 Å². The Morgan fingerprint density at radius 3 is 2.36 bits per heavy atom. The first-order chi connectivity index (χ1) is 11.8. The summed E-state index contributed by atoms with van der Waals surface area (Å²) in [5.41, 5.74) is 0. The number of benzene rings is 1. The second-order valence-corrected chi connectivity index (χ2v) is 7.92. The van der Waals surface area contributed by atoms with Crippen LogP contribution in [0.1, 0.15) is 6.42 Å². The smallest absolute Gasteiger partial charge is 0.344 e. The van der Waals surface area contributed by atoms with Gasteiger partial charge in [-0.25, -0.2) is 13.2 Å². The first-order valence-electron chi connectivity index (χ1n) is 7.69. The molecule has 0 unspecified atom stereocenters. The molecule has 138 valence electrons. The number of amides is 1. The van der Waals surface area contributed by atoms with E-state index in [0.717, 1.165) is 0 Å². The predicted molar refractivity (Wildman–Crippen MR) is 89.3 cm³/mol. The Hall–Kier alpha value is -2.29. The maximum absolute atomic E-state index is 12.0. The molecule has 8 nitrogen and oxygen atoms in total. The summed E-state index contributed by atoms with van der Waals surface area (Å²) in [5.74, 6) is 0.0282. The Labute approximate surface area is 146 Å². The van der Waals surface area contributed by atoms with Gasteiger partial charge in [0.1, 0.15) is 11.5 Å². The van der Waals surface area contributed by atoms with Crippen LogP contribution >= 0.6 is 0 Å². The van der Waals surface area contributed by atoms with E-state index in [4.69, 9.17) is 14.2 Å². The molecule has 0 spiro atoms. The third-order valence-electron chi connectivity index (χ3n) is 3.92.